The van der Waals surface area contributed by atoms with Gasteiger partial charge in [0, 0.05) is 43.0 Å². The van der Waals surface area contributed by atoms with E-state index in [4.69, 9.17) is 0 Å². The van der Waals surface area contributed by atoms with Gasteiger partial charge in [0.1, 0.15) is 23.0 Å². The summed E-state index contributed by atoms with van der Waals surface area (Å²) in [7, 11) is 0. The number of nitrogens with one attached hydrogen (secondary N) is 1. The molecule has 4 rings (SSSR count). The lowest BCUT2D eigenvalue weighted by atomic mass is 9.98. The van der Waals surface area contributed by atoms with Crippen molar-refractivity contribution >= 4 is 11.8 Å². The van der Waals surface area contributed by atoms with Gasteiger partial charge in [0.05, 0.1) is 6.04 Å². The summed E-state index contributed by atoms with van der Waals surface area (Å²) in [6.45, 7) is 3.70. The minimum Gasteiger partial charge on any atom is -0.503 e. The number of benzene rings is 1. The summed E-state index contributed by atoms with van der Waals surface area (Å²) in [5.74, 6) is -5.54. The molecule has 3 unspecified atom stereocenters. The van der Waals surface area contributed by atoms with Gasteiger partial charge in [-0.3, -0.25) is 14.4 Å². The Morgan fingerprint density at radius 1 is 1.16 bits per heavy atom. The molecule has 2 aromatic rings. The molecule has 2 N–H and O–H groups in total. The Kier molecular flexibility index (Phi) is 5.47. The van der Waals surface area contributed by atoms with Crippen molar-refractivity contribution in [1.82, 2.24) is 14.8 Å². The number of hydrogen-bond donors (Lipinski definition) is 2. The van der Waals surface area contributed by atoms with E-state index in [0.29, 0.717) is 25.1 Å². The SMILES string of the molecule is CC1CCC2CN(C(=O)c3c(O)c(=O)c(C(=O)NCc4c(F)cc(F)cc4F)cn32)C1C. The molecule has 0 aliphatic carbocycles. The van der Waals surface area contributed by atoms with E-state index in [-0.39, 0.29) is 23.7 Å². The second-order valence-electron chi connectivity index (χ2n) is 8.41. The Bertz CT molecular complexity index is 1160. The van der Waals surface area contributed by atoms with Gasteiger partial charge in [0.2, 0.25) is 5.43 Å². The van der Waals surface area contributed by atoms with Gasteiger partial charge >= 0.3 is 0 Å². The summed E-state index contributed by atoms with van der Waals surface area (Å²) in [5.41, 5.74) is -2.25. The van der Waals surface area contributed by atoms with Crippen LogP contribution in [0.15, 0.2) is 23.1 Å². The van der Waals surface area contributed by atoms with Crippen LogP contribution in [0.4, 0.5) is 13.2 Å². The van der Waals surface area contributed by atoms with Crippen molar-refractivity contribution in [2.75, 3.05) is 6.54 Å². The fraction of sp³-hybridized carbons (Fsp3) is 0.409. The molecule has 0 spiro atoms. The molecule has 1 saturated heterocycles. The molecule has 3 heterocycles. The maximum absolute atomic E-state index is 13.8. The average Bonchev–Trinajstić information content (AvgIpc) is 2.85. The van der Waals surface area contributed by atoms with Crippen molar-refractivity contribution in [3.8, 4) is 5.75 Å². The number of carbonyl (C=O) groups is 2. The van der Waals surface area contributed by atoms with Gasteiger partial charge < -0.3 is 19.9 Å². The summed E-state index contributed by atoms with van der Waals surface area (Å²) in [6, 6.07) is 0.657. The first kappa shape index (κ1) is 21.9. The third-order valence-corrected chi connectivity index (χ3v) is 6.52. The van der Waals surface area contributed by atoms with E-state index in [9.17, 15) is 32.7 Å². The largest absolute Gasteiger partial charge is 0.503 e. The van der Waals surface area contributed by atoms with Gasteiger partial charge in [-0.25, -0.2) is 13.2 Å². The van der Waals surface area contributed by atoms with E-state index in [0.717, 1.165) is 6.42 Å². The normalized spacial score (nSPS) is 22.3. The van der Waals surface area contributed by atoms with Crippen molar-refractivity contribution in [1.29, 1.82) is 0 Å². The van der Waals surface area contributed by atoms with E-state index in [1.54, 1.807) is 4.90 Å². The number of rotatable bonds is 3. The topological polar surface area (TPSA) is 91.6 Å². The van der Waals surface area contributed by atoms with Crippen molar-refractivity contribution in [3.05, 3.63) is 62.8 Å². The number of nitrogens with zero attached hydrogens (tertiary/aromatic N) is 2. The standard InChI is InChI=1S/C22H22F3N3O4/c1-10-3-4-13-8-27(11(10)2)22(32)18-20(30)19(29)15(9-28(13)18)21(31)26-7-14-16(24)5-12(23)6-17(14)25/h5-6,9-11,13,30H,3-4,7-8H2,1-2H3,(H,26,31). The van der Waals surface area contributed by atoms with E-state index >= 15 is 0 Å². The molecule has 2 amide bonds. The highest BCUT2D eigenvalue weighted by molar-refractivity contribution is 5.99. The number of aromatic nitrogens is 1. The Balaban J connectivity index is 1.68. The monoisotopic (exact) mass is 449 g/mol. The minimum atomic E-state index is -1.18. The molecule has 1 fully saturated rings. The van der Waals surface area contributed by atoms with Crippen LogP contribution in [0.3, 0.4) is 0 Å². The number of carbonyl (C=O) groups excluding carboxylic acids is 2. The summed E-state index contributed by atoms with van der Waals surface area (Å²) >= 11 is 0. The highest BCUT2D eigenvalue weighted by atomic mass is 19.1. The van der Waals surface area contributed by atoms with Crippen LogP contribution in [0.1, 0.15) is 59.1 Å². The predicted molar refractivity (Wildman–Crippen MR) is 108 cm³/mol. The molecule has 32 heavy (non-hydrogen) atoms. The van der Waals surface area contributed by atoms with Crippen LogP contribution in [0.2, 0.25) is 0 Å². The Hall–Kier alpha value is -3.30. The average molecular weight is 449 g/mol. The van der Waals surface area contributed by atoms with Gasteiger partial charge in [-0.05, 0) is 25.7 Å². The van der Waals surface area contributed by atoms with E-state index in [1.807, 2.05) is 13.8 Å². The highest BCUT2D eigenvalue weighted by Gasteiger charge is 2.40. The molecule has 170 valence electrons. The lowest BCUT2D eigenvalue weighted by Gasteiger charge is -2.38. The van der Waals surface area contributed by atoms with Crippen molar-refractivity contribution < 1.29 is 27.9 Å². The fourth-order valence-corrected chi connectivity index (χ4v) is 4.41. The van der Waals surface area contributed by atoms with Crippen molar-refractivity contribution in [2.24, 2.45) is 5.92 Å². The molecule has 2 aliphatic rings. The molecule has 2 bridgehead atoms. The number of pyridine rings is 1. The lowest BCUT2D eigenvalue weighted by Crippen LogP contribution is -2.48. The zero-order chi connectivity index (χ0) is 23.3. The van der Waals surface area contributed by atoms with Crippen LogP contribution in [0, 0.1) is 23.4 Å². The summed E-state index contributed by atoms with van der Waals surface area (Å²) in [4.78, 5) is 40.0. The molecule has 0 radical (unpaired) electrons. The number of fused-ring (bicyclic) bond motifs is 4. The molecular weight excluding hydrogens is 427 g/mol. The van der Waals surface area contributed by atoms with Gasteiger partial charge in [-0.15, -0.1) is 0 Å². The maximum Gasteiger partial charge on any atom is 0.274 e. The third kappa shape index (κ3) is 3.53. The minimum absolute atomic E-state index is 0.0702. The zero-order valence-electron chi connectivity index (χ0n) is 17.5. The van der Waals surface area contributed by atoms with Crippen molar-refractivity contribution in [2.45, 2.75) is 45.3 Å². The first-order chi connectivity index (χ1) is 15.1. The molecule has 10 heteroatoms. The third-order valence-electron chi connectivity index (χ3n) is 6.52. The van der Waals surface area contributed by atoms with Gasteiger partial charge in [0.15, 0.2) is 11.4 Å². The number of amides is 2. The van der Waals surface area contributed by atoms with Crippen LogP contribution in [-0.2, 0) is 6.54 Å². The number of aromatic hydroxyl groups is 1. The van der Waals surface area contributed by atoms with Gasteiger partial charge in [0.25, 0.3) is 11.8 Å². The fourth-order valence-electron chi connectivity index (χ4n) is 4.41. The van der Waals surface area contributed by atoms with Crippen molar-refractivity contribution in [3.63, 3.8) is 0 Å². The molecule has 3 atom stereocenters. The van der Waals surface area contributed by atoms with Gasteiger partial charge in [-0.1, -0.05) is 6.92 Å². The van der Waals surface area contributed by atoms with Crippen LogP contribution in [-0.4, -0.2) is 39.0 Å². The van der Waals surface area contributed by atoms with E-state index in [1.165, 1.54) is 10.8 Å². The zero-order valence-corrected chi connectivity index (χ0v) is 17.5. The molecule has 1 aromatic heterocycles. The first-order valence-corrected chi connectivity index (χ1v) is 10.3. The van der Waals surface area contributed by atoms with E-state index in [2.05, 4.69) is 5.32 Å². The Morgan fingerprint density at radius 2 is 1.81 bits per heavy atom. The van der Waals surface area contributed by atoms with E-state index < -0.39 is 58.1 Å². The number of halogens is 3. The molecular formula is C22H22F3N3O4. The maximum atomic E-state index is 13.8. The molecule has 1 aromatic carbocycles. The summed E-state index contributed by atoms with van der Waals surface area (Å²) in [5, 5.41) is 12.7. The summed E-state index contributed by atoms with van der Waals surface area (Å²) in [6.07, 6.45) is 2.70. The first-order valence-electron chi connectivity index (χ1n) is 10.3. The highest BCUT2D eigenvalue weighted by Crippen LogP contribution is 2.36. The number of hydrogen-bond acceptors (Lipinski definition) is 4. The smallest absolute Gasteiger partial charge is 0.274 e. The Labute approximate surface area is 181 Å². The Morgan fingerprint density at radius 3 is 2.47 bits per heavy atom. The second-order valence-corrected chi connectivity index (χ2v) is 8.41. The second kappa shape index (κ2) is 7.99. The predicted octanol–water partition coefficient (Wildman–Crippen LogP) is 2.72. The van der Waals surface area contributed by atoms with Gasteiger partial charge in [-0.2, -0.15) is 0 Å². The summed E-state index contributed by atoms with van der Waals surface area (Å²) < 4.78 is 42.2. The molecule has 0 saturated carbocycles. The lowest BCUT2D eigenvalue weighted by molar-refractivity contribution is 0.0570. The van der Waals surface area contributed by atoms with Crippen LogP contribution < -0.4 is 10.7 Å². The van der Waals surface area contributed by atoms with Crippen LogP contribution in [0.5, 0.6) is 5.75 Å². The molecule has 7 nitrogen and oxygen atoms in total. The quantitative estimate of drug-likeness (QED) is 0.754. The van der Waals surface area contributed by atoms with Crippen LogP contribution in [0.25, 0.3) is 0 Å². The molecule has 2 aliphatic heterocycles. The van der Waals surface area contributed by atoms with Crippen LogP contribution >= 0.6 is 0 Å².